The fraction of sp³-hybridized carbons (Fsp3) is 0.387. The number of sulfonamides is 1. The minimum atomic E-state index is -3.75. The first kappa shape index (κ1) is 29.3. The second kappa shape index (κ2) is 12.0. The summed E-state index contributed by atoms with van der Waals surface area (Å²) in [6.07, 6.45) is 8.70. The van der Waals surface area contributed by atoms with Crippen LogP contribution in [-0.4, -0.2) is 69.0 Å². The number of thiocarbonyl (C=S) groups is 1. The summed E-state index contributed by atoms with van der Waals surface area (Å²) in [5.41, 5.74) is 2.80. The number of rotatable bonds is 6. The number of para-hydroxylation sites is 1. The van der Waals surface area contributed by atoms with Crippen LogP contribution in [-0.2, 0) is 19.6 Å². The zero-order valence-corrected chi connectivity index (χ0v) is 26.1. The van der Waals surface area contributed by atoms with Crippen LogP contribution in [0.15, 0.2) is 70.6 Å². The number of nitrogens with zero attached hydrogens (tertiary/aromatic N) is 4. The number of ether oxygens (including phenoxy) is 1. The highest BCUT2D eigenvalue weighted by atomic mass is 32.2. The molecule has 3 fully saturated rings. The fourth-order valence-corrected chi connectivity index (χ4v) is 9.01. The van der Waals surface area contributed by atoms with E-state index in [1.807, 2.05) is 62.5 Å². The van der Waals surface area contributed by atoms with Gasteiger partial charge in [0.05, 0.1) is 27.7 Å². The fourth-order valence-electron chi connectivity index (χ4n) is 5.99. The predicted octanol–water partition coefficient (Wildman–Crippen LogP) is 5.87. The Morgan fingerprint density at radius 2 is 1.71 bits per heavy atom. The van der Waals surface area contributed by atoms with E-state index in [1.165, 1.54) is 22.5 Å². The second-order valence-corrected chi connectivity index (χ2v) is 14.8. The SMILES string of the molecule is CC1CN(S(=O)(=O)c2cccc(-c3nn(-c4ccccc4)cc3C=C3SC(=S)N(C4CCCCC4)C3=O)c2)CC(C)O1. The first-order valence-corrected chi connectivity index (χ1v) is 17.1. The van der Waals surface area contributed by atoms with Crippen LogP contribution >= 0.6 is 24.0 Å². The number of morpholine rings is 1. The van der Waals surface area contributed by atoms with Gasteiger partial charge in [-0.2, -0.15) is 9.40 Å². The molecule has 3 heterocycles. The Morgan fingerprint density at radius 3 is 2.43 bits per heavy atom. The van der Waals surface area contributed by atoms with Crippen molar-refractivity contribution in [1.29, 1.82) is 0 Å². The second-order valence-electron chi connectivity index (χ2n) is 11.2. The van der Waals surface area contributed by atoms with Crippen LogP contribution in [0.1, 0.15) is 51.5 Å². The quantitative estimate of drug-likeness (QED) is 0.251. The van der Waals surface area contributed by atoms with Gasteiger partial charge in [0.1, 0.15) is 10.0 Å². The standard InChI is InChI=1S/C31H34N4O4S3/c1-21-18-33(19-22(2)39-21)42(37,38)27-15-9-10-23(16-27)29-24(20-34(32-29)25-11-5-3-6-12-25)17-28-30(36)35(31(40)41-28)26-13-7-4-8-14-26/h3,5-6,9-12,15-17,20-22,26H,4,7-8,13-14,18-19H2,1-2H3. The van der Waals surface area contributed by atoms with E-state index in [0.29, 0.717) is 39.1 Å². The summed E-state index contributed by atoms with van der Waals surface area (Å²) in [5, 5.41) is 4.88. The average molecular weight is 623 g/mol. The molecule has 1 saturated carbocycles. The maximum atomic E-state index is 13.7. The summed E-state index contributed by atoms with van der Waals surface area (Å²) in [7, 11) is -3.75. The third kappa shape index (κ3) is 5.85. The molecule has 0 radical (unpaired) electrons. The van der Waals surface area contributed by atoms with Gasteiger partial charge in [-0.15, -0.1) is 0 Å². The number of aromatic nitrogens is 2. The Bertz CT molecular complexity index is 1620. The van der Waals surface area contributed by atoms with E-state index in [2.05, 4.69) is 0 Å². The van der Waals surface area contributed by atoms with Gasteiger partial charge in [0.2, 0.25) is 10.0 Å². The van der Waals surface area contributed by atoms with Gasteiger partial charge in [0.25, 0.3) is 5.91 Å². The van der Waals surface area contributed by atoms with Crippen LogP contribution in [0.3, 0.4) is 0 Å². The van der Waals surface area contributed by atoms with E-state index in [0.717, 1.165) is 31.4 Å². The van der Waals surface area contributed by atoms with E-state index in [9.17, 15) is 13.2 Å². The summed E-state index contributed by atoms with van der Waals surface area (Å²) in [6.45, 7) is 4.36. The van der Waals surface area contributed by atoms with Gasteiger partial charge in [-0.25, -0.2) is 13.1 Å². The monoisotopic (exact) mass is 622 g/mol. The highest BCUT2D eigenvalue weighted by Crippen LogP contribution is 2.39. The van der Waals surface area contributed by atoms with Crippen molar-refractivity contribution in [2.24, 2.45) is 0 Å². The first-order chi connectivity index (χ1) is 20.2. The molecule has 3 aliphatic rings. The lowest BCUT2D eigenvalue weighted by Crippen LogP contribution is -2.48. The molecular formula is C31H34N4O4S3. The first-order valence-electron chi connectivity index (χ1n) is 14.4. The molecule has 2 aliphatic heterocycles. The number of thioether (sulfide) groups is 1. The van der Waals surface area contributed by atoms with Crippen LogP contribution in [0.5, 0.6) is 0 Å². The summed E-state index contributed by atoms with van der Waals surface area (Å²) >= 11 is 6.99. The number of hydrogen-bond donors (Lipinski definition) is 0. The lowest BCUT2D eigenvalue weighted by Gasteiger charge is -2.34. The Kier molecular flexibility index (Phi) is 8.39. The van der Waals surface area contributed by atoms with Gasteiger partial charge in [0, 0.05) is 36.5 Å². The molecule has 3 aromatic rings. The largest absolute Gasteiger partial charge is 0.373 e. The van der Waals surface area contributed by atoms with E-state index in [4.69, 9.17) is 22.1 Å². The number of benzene rings is 2. The van der Waals surface area contributed by atoms with Crippen molar-refractivity contribution in [2.75, 3.05) is 13.1 Å². The Hall–Kier alpha value is -2.83. The van der Waals surface area contributed by atoms with E-state index < -0.39 is 10.0 Å². The third-order valence-electron chi connectivity index (χ3n) is 7.94. The molecule has 6 rings (SSSR count). The van der Waals surface area contributed by atoms with Gasteiger partial charge in [0.15, 0.2) is 0 Å². The van der Waals surface area contributed by atoms with Crippen LogP contribution in [0.25, 0.3) is 23.0 Å². The molecule has 2 saturated heterocycles. The Labute approximate surface area is 256 Å². The minimum absolute atomic E-state index is 0.0674. The van der Waals surface area contributed by atoms with Crippen molar-refractivity contribution < 1.29 is 17.9 Å². The van der Waals surface area contributed by atoms with Gasteiger partial charge >= 0.3 is 0 Å². The Balaban J connectivity index is 1.39. The van der Waals surface area contributed by atoms with Crippen molar-refractivity contribution >= 4 is 50.3 Å². The third-order valence-corrected chi connectivity index (χ3v) is 11.1. The van der Waals surface area contributed by atoms with Gasteiger partial charge in [-0.1, -0.05) is 73.6 Å². The molecule has 1 aliphatic carbocycles. The number of hydrogen-bond acceptors (Lipinski definition) is 7. The summed E-state index contributed by atoms with van der Waals surface area (Å²) in [6, 6.07) is 16.7. The van der Waals surface area contributed by atoms with Crippen molar-refractivity contribution in [1.82, 2.24) is 19.0 Å². The normalized spacial score (nSPS) is 23.7. The van der Waals surface area contributed by atoms with Crippen LogP contribution in [0.4, 0.5) is 0 Å². The molecule has 1 aromatic heterocycles. The summed E-state index contributed by atoms with van der Waals surface area (Å²) in [4.78, 5) is 16.1. The molecule has 8 nitrogen and oxygen atoms in total. The molecule has 2 atom stereocenters. The number of carbonyl (C=O) groups is 1. The molecule has 0 bridgehead atoms. The van der Waals surface area contributed by atoms with Crippen molar-refractivity contribution in [3.05, 3.63) is 71.3 Å². The molecule has 42 heavy (non-hydrogen) atoms. The molecule has 2 unspecified atom stereocenters. The van der Waals surface area contributed by atoms with Crippen molar-refractivity contribution in [3.63, 3.8) is 0 Å². The minimum Gasteiger partial charge on any atom is -0.373 e. The average Bonchev–Trinajstić information content (AvgIpc) is 3.53. The van der Waals surface area contributed by atoms with Gasteiger partial charge in [-0.05, 0) is 57.0 Å². The molecular weight excluding hydrogens is 589 g/mol. The van der Waals surface area contributed by atoms with Crippen molar-refractivity contribution in [2.45, 2.75) is 69.1 Å². The lowest BCUT2D eigenvalue weighted by atomic mass is 9.94. The molecule has 1 amide bonds. The van der Waals surface area contributed by atoms with E-state index >= 15 is 0 Å². The van der Waals surface area contributed by atoms with Crippen LogP contribution in [0.2, 0.25) is 0 Å². The number of amides is 1. The van der Waals surface area contributed by atoms with Crippen molar-refractivity contribution in [3.8, 4) is 16.9 Å². The molecule has 0 N–H and O–H groups in total. The van der Waals surface area contributed by atoms with Gasteiger partial charge < -0.3 is 4.74 Å². The molecule has 2 aromatic carbocycles. The predicted molar refractivity (Wildman–Crippen MR) is 170 cm³/mol. The highest BCUT2D eigenvalue weighted by molar-refractivity contribution is 8.26. The maximum Gasteiger partial charge on any atom is 0.266 e. The van der Waals surface area contributed by atoms with Crippen LogP contribution in [0, 0.1) is 0 Å². The smallest absolute Gasteiger partial charge is 0.266 e. The highest BCUT2D eigenvalue weighted by Gasteiger charge is 2.38. The zero-order valence-electron chi connectivity index (χ0n) is 23.7. The molecule has 220 valence electrons. The topological polar surface area (TPSA) is 84.7 Å². The zero-order chi connectivity index (χ0) is 29.4. The maximum absolute atomic E-state index is 13.7. The summed E-state index contributed by atoms with van der Waals surface area (Å²) in [5.74, 6) is -0.0674. The van der Waals surface area contributed by atoms with Crippen LogP contribution < -0.4 is 0 Å². The van der Waals surface area contributed by atoms with Gasteiger partial charge in [-0.3, -0.25) is 9.69 Å². The van der Waals surface area contributed by atoms with E-state index in [1.54, 1.807) is 27.8 Å². The molecule has 11 heteroatoms. The summed E-state index contributed by atoms with van der Waals surface area (Å²) < 4.78 is 37.0. The Morgan fingerprint density at radius 1 is 1.00 bits per heavy atom. The lowest BCUT2D eigenvalue weighted by molar-refractivity contribution is -0.124. The number of carbonyl (C=O) groups excluding carboxylic acids is 1. The van der Waals surface area contributed by atoms with E-state index in [-0.39, 0.29) is 29.1 Å². The molecule has 0 spiro atoms.